The zero-order chi connectivity index (χ0) is 21.4. The number of carbonyl (C=O) groups is 1. The Morgan fingerprint density at radius 1 is 1.00 bits per heavy atom. The number of hydrogen-bond donors (Lipinski definition) is 1. The highest BCUT2D eigenvalue weighted by molar-refractivity contribution is 7.92. The molecule has 6 nitrogen and oxygen atoms in total. The molecule has 30 heavy (non-hydrogen) atoms. The minimum Gasteiger partial charge on any atom is -0.370 e. The van der Waals surface area contributed by atoms with Crippen molar-refractivity contribution in [2.45, 2.75) is 12.8 Å². The van der Waals surface area contributed by atoms with E-state index in [2.05, 4.69) is 9.62 Å². The maximum absolute atomic E-state index is 13.1. The summed E-state index contributed by atoms with van der Waals surface area (Å²) in [4.78, 5) is 16.4. The summed E-state index contributed by atoms with van der Waals surface area (Å²) in [5.41, 5.74) is 1.72. The highest BCUT2D eigenvalue weighted by Gasteiger charge is 2.19. The molecule has 160 valence electrons. The van der Waals surface area contributed by atoms with Crippen molar-refractivity contribution in [1.29, 1.82) is 0 Å². The molecule has 2 aromatic carbocycles. The Morgan fingerprint density at radius 2 is 1.73 bits per heavy atom. The first-order valence-corrected chi connectivity index (χ1v) is 11.5. The van der Waals surface area contributed by atoms with Gasteiger partial charge in [0.05, 0.1) is 0 Å². The predicted octanol–water partition coefficient (Wildman–Crippen LogP) is 2.84. The van der Waals surface area contributed by atoms with Crippen molar-refractivity contribution in [3.8, 4) is 0 Å². The molecule has 1 N–H and O–H groups in total. The fourth-order valence-electron chi connectivity index (χ4n) is 3.32. The van der Waals surface area contributed by atoms with Gasteiger partial charge in [0.2, 0.25) is 15.9 Å². The smallest absolute Gasteiger partial charge is 0.233 e. The van der Waals surface area contributed by atoms with Crippen LogP contribution in [-0.4, -0.2) is 51.9 Å². The van der Waals surface area contributed by atoms with Crippen LogP contribution in [-0.2, 0) is 14.8 Å². The van der Waals surface area contributed by atoms with E-state index >= 15 is 0 Å². The standard InChI is InChI=1S/C22H26FN3O3S/c23-20-7-9-21(10-8-20)25-14-4-15-26(17-16-25)22(27)11-13-24-30(28,29)18-12-19-5-2-1-3-6-19/h1-3,5-10,12,18,24H,4,11,13-17H2/b18-12+. The molecule has 1 heterocycles. The van der Waals surface area contributed by atoms with Crippen LogP contribution in [0.3, 0.4) is 0 Å². The van der Waals surface area contributed by atoms with Crippen molar-refractivity contribution in [2.24, 2.45) is 0 Å². The Balaban J connectivity index is 1.45. The Kier molecular flexibility index (Phi) is 7.59. The first-order valence-electron chi connectivity index (χ1n) is 9.94. The quantitative estimate of drug-likeness (QED) is 0.732. The summed E-state index contributed by atoms with van der Waals surface area (Å²) in [5, 5.41) is 1.11. The third-order valence-electron chi connectivity index (χ3n) is 4.92. The summed E-state index contributed by atoms with van der Waals surface area (Å²) in [7, 11) is -3.60. The predicted molar refractivity (Wildman–Crippen MR) is 117 cm³/mol. The van der Waals surface area contributed by atoms with E-state index < -0.39 is 10.0 Å². The molecule has 0 atom stereocenters. The highest BCUT2D eigenvalue weighted by atomic mass is 32.2. The lowest BCUT2D eigenvalue weighted by molar-refractivity contribution is -0.130. The van der Waals surface area contributed by atoms with E-state index in [1.807, 2.05) is 30.3 Å². The van der Waals surface area contributed by atoms with Gasteiger partial charge in [-0.2, -0.15) is 0 Å². The first-order chi connectivity index (χ1) is 14.4. The summed E-state index contributed by atoms with van der Waals surface area (Å²) >= 11 is 0. The number of nitrogens with one attached hydrogen (secondary N) is 1. The minimum atomic E-state index is -3.60. The van der Waals surface area contributed by atoms with E-state index in [-0.39, 0.29) is 24.7 Å². The molecule has 0 aromatic heterocycles. The Bertz CT molecular complexity index is 963. The first kappa shape index (κ1) is 22.0. The van der Waals surface area contributed by atoms with Crippen LogP contribution in [0.25, 0.3) is 6.08 Å². The van der Waals surface area contributed by atoms with Gasteiger partial charge in [-0.05, 0) is 42.3 Å². The molecular formula is C22H26FN3O3S. The van der Waals surface area contributed by atoms with E-state index in [0.717, 1.165) is 29.6 Å². The second-order valence-corrected chi connectivity index (χ2v) is 8.75. The molecule has 0 spiro atoms. The van der Waals surface area contributed by atoms with E-state index in [9.17, 15) is 17.6 Å². The lowest BCUT2D eigenvalue weighted by atomic mass is 10.2. The Hall–Kier alpha value is -2.71. The maximum Gasteiger partial charge on any atom is 0.233 e. The average Bonchev–Trinajstić information content (AvgIpc) is 3.00. The van der Waals surface area contributed by atoms with Gasteiger partial charge < -0.3 is 9.80 Å². The number of anilines is 1. The van der Waals surface area contributed by atoms with Crippen molar-refractivity contribution in [2.75, 3.05) is 37.6 Å². The normalized spacial score (nSPS) is 15.4. The second-order valence-electron chi connectivity index (χ2n) is 7.10. The maximum atomic E-state index is 13.1. The van der Waals surface area contributed by atoms with Gasteiger partial charge in [0.25, 0.3) is 0 Å². The lowest BCUT2D eigenvalue weighted by Gasteiger charge is -2.23. The van der Waals surface area contributed by atoms with Gasteiger partial charge >= 0.3 is 0 Å². The van der Waals surface area contributed by atoms with Gasteiger partial charge in [-0.1, -0.05) is 30.3 Å². The van der Waals surface area contributed by atoms with E-state index in [0.29, 0.717) is 19.6 Å². The van der Waals surface area contributed by atoms with Gasteiger partial charge in [0, 0.05) is 50.2 Å². The molecule has 0 unspecified atom stereocenters. The van der Waals surface area contributed by atoms with E-state index in [4.69, 9.17) is 0 Å². The fourth-order valence-corrected chi connectivity index (χ4v) is 4.13. The average molecular weight is 432 g/mol. The molecule has 0 aliphatic carbocycles. The van der Waals surface area contributed by atoms with Gasteiger partial charge in [0.1, 0.15) is 5.82 Å². The summed E-state index contributed by atoms with van der Waals surface area (Å²) in [5.74, 6) is -0.350. The molecule has 2 aromatic rings. The van der Waals surface area contributed by atoms with Crippen LogP contribution >= 0.6 is 0 Å². The Labute approximate surface area is 177 Å². The third-order valence-corrected chi connectivity index (χ3v) is 6.02. The molecule has 1 saturated heterocycles. The zero-order valence-corrected chi connectivity index (χ0v) is 17.5. The Morgan fingerprint density at radius 3 is 2.47 bits per heavy atom. The van der Waals surface area contributed by atoms with E-state index in [1.165, 1.54) is 18.2 Å². The van der Waals surface area contributed by atoms with Crippen LogP contribution in [0, 0.1) is 5.82 Å². The number of benzene rings is 2. The summed E-state index contributed by atoms with van der Waals surface area (Å²) in [6, 6.07) is 15.5. The second kappa shape index (κ2) is 10.4. The highest BCUT2D eigenvalue weighted by Crippen LogP contribution is 2.17. The number of halogens is 1. The molecule has 0 saturated carbocycles. The molecule has 1 amide bonds. The summed E-state index contributed by atoms with van der Waals surface area (Å²) < 4.78 is 39.7. The topological polar surface area (TPSA) is 69.7 Å². The lowest BCUT2D eigenvalue weighted by Crippen LogP contribution is -2.37. The SMILES string of the molecule is O=C(CCNS(=O)(=O)/C=C/c1ccccc1)N1CCCN(c2ccc(F)cc2)CC1. The molecule has 3 rings (SSSR count). The van der Waals surface area contributed by atoms with Crippen LogP contribution < -0.4 is 9.62 Å². The monoisotopic (exact) mass is 431 g/mol. The van der Waals surface area contributed by atoms with E-state index in [1.54, 1.807) is 17.0 Å². The molecule has 1 aliphatic rings. The largest absolute Gasteiger partial charge is 0.370 e. The number of sulfonamides is 1. The van der Waals surface area contributed by atoms with Crippen LogP contribution in [0.1, 0.15) is 18.4 Å². The van der Waals surface area contributed by atoms with Crippen LogP contribution in [0.4, 0.5) is 10.1 Å². The van der Waals surface area contributed by atoms with Crippen molar-refractivity contribution < 1.29 is 17.6 Å². The summed E-state index contributed by atoms with van der Waals surface area (Å²) in [6.45, 7) is 2.67. The van der Waals surface area contributed by atoms with Crippen molar-refractivity contribution in [3.63, 3.8) is 0 Å². The molecule has 8 heteroatoms. The number of hydrogen-bond acceptors (Lipinski definition) is 4. The molecule has 1 aliphatic heterocycles. The van der Waals surface area contributed by atoms with Gasteiger partial charge in [0.15, 0.2) is 0 Å². The van der Waals surface area contributed by atoms with Crippen LogP contribution in [0.5, 0.6) is 0 Å². The molecule has 0 radical (unpaired) electrons. The summed E-state index contributed by atoms with van der Waals surface area (Å²) in [6.07, 6.45) is 2.42. The molecular weight excluding hydrogens is 405 g/mol. The molecule has 1 fully saturated rings. The molecule has 0 bridgehead atoms. The number of amides is 1. The van der Waals surface area contributed by atoms with Gasteiger partial charge in [-0.3, -0.25) is 4.79 Å². The third kappa shape index (κ3) is 6.67. The van der Waals surface area contributed by atoms with Crippen molar-refractivity contribution in [1.82, 2.24) is 9.62 Å². The van der Waals surface area contributed by atoms with Gasteiger partial charge in [-0.25, -0.2) is 17.5 Å². The zero-order valence-electron chi connectivity index (χ0n) is 16.7. The van der Waals surface area contributed by atoms with Crippen molar-refractivity contribution >= 4 is 27.7 Å². The fraction of sp³-hybridized carbons (Fsp3) is 0.318. The van der Waals surface area contributed by atoms with Gasteiger partial charge in [-0.15, -0.1) is 0 Å². The number of carbonyl (C=O) groups excluding carboxylic acids is 1. The van der Waals surface area contributed by atoms with Crippen molar-refractivity contribution in [3.05, 3.63) is 71.4 Å². The number of nitrogens with zero attached hydrogens (tertiary/aromatic N) is 2. The minimum absolute atomic E-state index is 0.0540. The number of rotatable bonds is 7. The van der Waals surface area contributed by atoms with Crippen LogP contribution in [0.2, 0.25) is 0 Å². The van der Waals surface area contributed by atoms with Crippen LogP contribution in [0.15, 0.2) is 60.0 Å².